The molecule has 10 N–H and O–H groups in total. The number of nitrogens with one attached hydrogen (secondary N) is 2. The zero-order valence-corrected chi connectivity index (χ0v) is 55.2. The third-order valence-corrected chi connectivity index (χ3v) is 22.6. The van der Waals surface area contributed by atoms with Gasteiger partial charge < -0.3 is 10.6 Å². The number of carbonyl (C=O) groups is 5. The van der Waals surface area contributed by atoms with Crippen molar-refractivity contribution in [3.63, 3.8) is 0 Å². The summed E-state index contributed by atoms with van der Waals surface area (Å²) in [5.74, 6) is -1.42. The molecule has 0 spiro atoms. The molecule has 0 saturated heterocycles. The van der Waals surface area contributed by atoms with Crippen LogP contribution in [0, 0.1) is 0 Å². The summed E-state index contributed by atoms with van der Waals surface area (Å²) in [6, 6.07) is 17.0. The molecule has 516 valence electrons. The molecule has 0 aromatic heterocycles. The largest absolute Gasteiger partial charge is 0.350 e. The summed E-state index contributed by atoms with van der Waals surface area (Å²) in [6.45, 7) is 0. The van der Waals surface area contributed by atoms with Crippen molar-refractivity contribution >= 4 is 224 Å². The normalized spacial score (nSPS) is 13.2. The van der Waals surface area contributed by atoms with E-state index in [0.29, 0.717) is 92.4 Å². The van der Waals surface area contributed by atoms with Gasteiger partial charge in [0.2, 0.25) is 25.6 Å². The Balaban J connectivity index is 1.20. The maximum atomic E-state index is 16.4. The summed E-state index contributed by atoms with van der Waals surface area (Å²) in [5, 5.41) is 2.59. The minimum atomic E-state index is -5.40. The molecule has 4 aliphatic heterocycles. The van der Waals surface area contributed by atoms with Gasteiger partial charge in [0.15, 0.2) is 5.78 Å². The Morgan fingerprint density at radius 2 is 0.480 bits per heavy atom. The lowest BCUT2D eigenvalue weighted by atomic mass is 9.88. The lowest BCUT2D eigenvalue weighted by molar-refractivity contribution is -0.107. The molecule has 10 aromatic carbocycles. The van der Waals surface area contributed by atoms with Crippen molar-refractivity contribution in [3.8, 4) is 0 Å². The fraction of sp³-hybridized carbons (Fsp3) is 0. The number of fused-ring (bicyclic) bond motifs is 8. The average Bonchev–Trinajstić information content (AvgIpc) is 0.702. The number of hydrogen-bond acceptors (Lipinski definition) is 23. The minimum Gasteiger partial charge on any atom is -0.350 e. The molecule has 4 amide bonds. The first-order valence-electron chi connectivity index (χ1n) is 27.0. The molecule has 0 unspecified atom stereocenters. The molecule has 0 atom stereocenters. The molecular formula is C57H36N6O29S8. The standard InChI is InChI=1S/C57H36N6O29S8/c64-23-60(45-17-35(97(81,82)83)13-27-9-31(93(69,70)71)1-5-39(27)45)49-21-43(51-55(53(49)58-51)62(25-66)47-19-37(99(87,88)89)15-29-11-33(95(75,76)77)3-7-41(29)47)57(68)44-22-50(61(24-65)46-18-36(98(84,85)86)14-28-10-32(94(72,73)74)2-6-40(28)46)54-56(52(44)59-54)63(26-67)48-20-38(100(90,91)92)16-30-12-34(96(78,79)80)4-8-42(30)48/h1-26,58-59H,(H,69,70,71)(H,72,73,74)(H,75,76,77)(H,78,79,80)(H,81,82,83)(H,84,85,86)(H,87,88,89)(H,90,91,92). The van der Waals surface area contributed by atoms with Crippen molar-refractivity contribution in [3.05, 3.63) is 145 Å². The van der Waals surface area contributed by atoms with E-state index in [2.05, 4.69) is 10.6 Å². The number of carbonyl (C=O) groups excluding carboxylic acids is 5. The van der Waals surface area contributed by atoms with E-state index in [1.165, 1.54) is 0 Å². The van der Waals surface area contributed by atoms with E-state index in [1.54, 1.807) is 0 Å². The molecule has 43 heteroatoms. The van der Waals surface area contributed by atoms with Crippen LogP contribution in [-0.2, 0) is 100 Å². The molecule has 10 aromatic rings. The summed E-state index contributed by atoms with van der Waals surface area (Å²) < 4.78 is 285. The van der Waals surface area contributed by atoms with Gasteiger partial charge >= 0.3 is 0 Å². The smallest absolute Gasteiger partial charge is 0.294 e. The number of anilines is 12. The van der Waals surface area contributed by atoms with Gasteiger partial charge in [0, 0.05) is 21.5 Å². The van der Waals surface area contributed by atoms with Gasteiger partial charge in [0.25, 0.3) is 80.9 Å². The highest BCUT2D eigenvalue weighted by Crippen LogP contribution is 2.61. The number of hydrogen-bond donors (Lipinski definition) is 10. The lowest BCUT2D eigenvalue weighted by Crippen LogP contribution is -2.30. The molecule has 14 rings (SSSR count). The van der Waals surface area contributed by atoms with Gasteiger partial charge in [0.1, 0.15) is 0 Å². The lowest BCUT2D eigenvalue weighted by Gasteiger charge is -2.39. The number of ketones is 1. The Hall–Kier alpha value is -10.3. The molecule has 0 aliphatic carbocycles. The van der Waals surface area contributed by atoms with Crippen LogP contribution in [0.1, 0.15) is 15.9 Å². The zero-order valence-electron chi connectivity index (χ0n) is 48.7. The second-order valence-corrected chi connectivity index (χ2v) is 33.0. The number of amides is 4. The van der Waals surface area contributed by atoms with Gasteiger partial charge in [-0.15, -0.1) is 0 Å². The SMILES string of the molecule is O=CN(c1cc(C(=O)c2cc(N(C=O)c3cc(S(=O)(=O)O)cc4cc(S(=O)(=O)O)ccc34)c3c(N(C=O)c4cc(S(=O)(=O)O)cc5cc(S(=O)(=O)O)ccc45)c2N3)c2c(N(C=O)c3cc(S(=O)(=O)O)cc4cc(S(=O)(=O)O)ccc34)c1N2)c1cc(S(=O)(=O)O)cc2cc(S(=O)(=O)O)ccc12. The van der Waals surface area contributed by atoms with E-state index in [1.807, 2.05) is 0 Å². The Bertz CT molecular complexity index is 5750. The molecule has 4 bridgehead atoms. The highest BCUT2D eigenvalue weighted by atomic mass is 32.2. The van der Waals surface area contributed by atoms with Crippen LogP contribution in [0.2, 0.25) is 0 Å². The van der Waals surface area contributed by atoms with Crippen LogP contribution in [0.25, 0.3) is 43.1 Å². The third kappa shape index (κ3) is 12.1. The molecule has 4 heterocycles. The molecule has 100 heavy (non-hydrogen) atoms. The molecule has 0 radical (unpaired) electrons. The summed E-state index contributed by atoms with van der Waals surface area (Å²) in [5.41, 5.74) is -8.71. The maximum absolute atomic E-state index is 16.4. The van der Waals surface area contributed by atoms with Gasteiger partial charge in [-0.05, 0) is 131 Å². The van der Waals surface area contributed by atoms with Crippen molar-refractivity contribution in [2.45, 2.75) is 39.2 Å². The van der Waals surface area contributed by atoms with E-state index >= 15 is 4.79 Å². The molecule has 4 aliphatic rings. The van der Waals surface area contributed by atoms with Gasteiger partial charge in [-0.1, -0.05) is 24.3 Å². The van der Waals surface area contributed by atoms with Crippen molar-refractivity contribution in [1.29, 1.82) is 0 Å². The van der Waals surface area contributed by atoms with E-state index in [4.69, 9.17) is 0 Å². The molecule has 0 saturated carbocycles. The van der Waals surface area contributed by atoms with E-state index in [0.717, 1.165) is 60.7 Å². The number of rotatable bonds is 22. The second-order valence-electron chi connectivity index (χ2n) is 21.7. The molecule has 35 nitrogen and oxygen atoms in total. The van der Waals surface area contributed by atoms with Gasteiger partial charge in [-0.25, -0.2) is 0 Å². The number of benzene rings is 10. The number of nitrogens with zero attached hydrogens (tertiary/aromatic N) is 4. The van der Waals surface area contributed by atoms with E-state index in [9.17, 15) is 123 Å². The Morgan fingerprint density at radius 3 is 0.690 bits per heavy atom. The quantitative estimate of drug-likeness (QED) is 0.0189. The summed E-state index contributed by atoms with van der Waals surface area (Å²) in [7, 11) is -42.0. The van der Waals surface area contributed by atoms with Crippen molar-refractivity contribution in [2.24, 2.45) is 0 Å². The maximum Gasteiger partial charge on any atom is 0.294 e. The topological polar surface area (TPSA) is 557 Å². The highest BCUT2D eigenvalue weighted by Gasteiger charge is 2.42. The average molecular weight is 1530 g/mol. The zero-order chi connectivity index (χ0) is 73.0. The fourth-order valence-corrected chi connectivity index (χ4v) is 15.7. The summed E-state index contributed by atoms with van der Waals surface area (Å²) >= 11 is 0. The predicted molar refractivity (Wildman–Crippen MR) is 350 cm³/mol. The van der Waals surface area contributed by atoms with Gasteiger partial charge in [-0.2, -0.15) is 67.3 Å². The van der Waals surface area contributed by atoms with Gasteiger partial charge in [0.05, 0.1) is 119 Å². The minimum absolute atomic E-state index is 0.0458. The van der Waals surface area contributed by atoms with E-state index in [-0.39, 0.29) is 47.2 Å². The first-order chi connectivity index (χ1) is 46.3. The first-order valence-corrected chi connectivity index (χ1v) is 38.5. The summed E-state index contributed by atoms with van der Waals surface area (Å²) in [6.07, 6.45) is -0.206. The third-order valence-electron chi connectivity index (χ3n) is 15.9. The Morgan fingerprint density at radius 1 is 0.270 bits per heavy atom. The van der Waals surface area contributed by atoms with Crippen LogP contribution in [0.3, 0.4) is 0 Å². The monoisotopic (exact) mass is 1520 g/mol. The van der Waals surface area contributed by atoms with Crippen LogP contribution in [-0.4, -0.2) is 135 Å². The van der Waals surface area contributed by atoms with Crippen molar-refractivity contribution < 1.29 is 128 Å². The van der Waals surface area contributed by atoms with Crippen LogP contribution in [0.5, 0.6) is 0 Å². The van der Waals surface area contributed by atoms with Crippen molar-refractivity contribution in [1.82, 2.24) is 0 Å². The summed E-state index contributed by atoms with van der Waals surface area (Å²) in [4.78, 5) is 66.9. The van der Waals surface area contributed by atoms with Crippen LogP contribution in [0.15, 0.2) is 173 Å². The van der Waals surface area contributed by atoms with Crippen LogP contribution in [0.4, 0.5) is 68.2 Å². The molecule has 0 fully saturated rings. The van der Waals surface area contributed by atoms with Crippen LogP contribution >= 0.6 is 0 Å². The van der Waals surface area contributed by atoms with Crippen molar-refractivity contribution in [2.75, 3.05) is 30.2 Å². The Labute approximate surface area is 561 Å². The van der Waals surface area contributed by atoms with Gasteiger partial charge in [-0.3, -0.25) is 80.0 Å². The highest BCUT2D eigenvalue weighted by molar-refractivity contribution is 7.87. The first kappa shape index (κ1) is 69.6. The second kappa shape index (κ2) is 23.4. The fourth-order valence-electron chi connectivity index (χ4n) is 11.5. The predicted octanol–water partition coefficient (Wildman–Crippen LogP) is 6.80. The van der Waals surface area contributed by atoms with E-state index < -0.39 is 227 Å². The molecular weight excluding hydrogens is 1490 g/mol. The Kier molecular flexibility index (Phi) is 16.3. The van der Waals surface area contributed by atoms with Crippen LogP contribution < -0.4 is 30.2 Å².